The highest BCUT2D eigenvalue weighted by Crippen LogP contribution is 1.99. The van der Waals surface area contributed by atoms with Crippen molar-refractivity contribution in [2.45, 2.75) is 40.7 Å². The molecular weight excluding hydrogens is 146 g/mol. The molecule has 0 aromatic carbocycles. The second-order valence-corrected chi connectivity index (χ2v) is 2.84. The minimum Gasteiger partial charge on any atom is -0.378 e. The highest BCUT2D eigenvalue weighted by atomic mass is 15.1. The van der Waals surface area contributed by atoms with Crippen molar-refractivity contribution in [2.24, 2.45) is 0 Å². The number of allylic oxidation sites excluding steroid dienone is 2. The first-order chi connectivity index (χ1) is 5.57. The van der Waals surface area contributed by atoms with E-state index in [4.69, 9.17) is 0 Å². The second kappa shape index (κ2) is 8.38. The Hall–Kier alpha value is -0.720. The van der Waals surface area contributed by atoms with Crippen LogP contribution in [0, 0.1) is 0 Å². The van der Waals surface area contributed by atoms with Crippen molar-refractivity contribution in [1.82, 2.24) is 4.90 Å². The van der Waals surface area contributed by atoms with Gasteiger partial charge in [-0.3, -0.25) is 0 Å². The SMILES string of the molecule is C=C/C(C)=C\N(C)C(C)C.CC. The summed E-state index contributed by atoms with van der Waals surface area (Å²) in [6.07, 6.45) is 3.95. The summed E-state index contributed by atoms with van der Waals surface area (Å²) in [6.45, 7) is 14.0. The van der Waals surface area contributed by atoms with Crippen molar-refractivity contribution in [3.05, 3.63) is 24.4 Å². The molecule has 0 atom stereocenters. The van der Waals surface area contributed by atoms with Gasteiger partial charge in [0.2, 0.25) is 0 Å². The largest absolute Gasteiger partial charge is 0.378 e. The first-order valence-corrected chi connectivity index (χ1v) is 4.60. The normalized spacial score (nSPS) is 10.4. The summed E-state index contributed by atoms with van der Waals surface area (Å²) in [5.74, 6) is 0. The topological polar surface area (TPSA) is 3.24 Å². The van der Waals surface area contributed by atoms with Gasteiger partial charge in [0.1, 0.15) is 0 Å². The zero-order valence-electron chi connectivity index (χ0n) is 9.39. The predicted octanol–water partition coefficient (Wildman–Crippen LogP) is 3.44. The quantitative estimate of drug-likeness (QED) is 0.585. The molecule has 0 saturated heterocycles. The molecule has 0 aliphatic heterocycles. The van der Waals surface area contributed by atoms with Crippen LogP contribution >= 0.6 is 0 Å². The highest BCUT2D eigenvalue weighted by Gasteiger charge is 1.95. The van der Waals surface area contributed by atoms with Crippen LogP contribution in [-0.2, 0) is 0 Å². The van der Waals surface area contributed by atoms with Gasteiger partial charge in [-0.15, -0.1) is 0 Å². The summed E-state index contributed by atoms with van der Waals surface area (Å²) in [4.78, 5) is 2.16. The van der Waals surface area contributed by atoms with E-state index in [0.29, 0.717) is 6.04 Å². The van der Waals surface area contributed by atoms with E-state index >= 15 is 0 Å². The summed E-state index contributed by atoms with van der Waals surface area (Å²) in [7, 11) is 2.07. The Balaban J connectivity index is 0. The summed E-state index contributed by atoms with van der Waals surface area (Å²) in [5, 5.41) is 0. The van der Waals surface area contributed by atoms with E-state index in [2.05, 4.69) is 38.6 Å². The van der Waals surface area contributed by atoms with Crippen molar-refractivity contribution < 1.29 is 0 Å². The molecule has 0 aromatic rings. The number of hydrogen-bond acceptors (Lipinski definition) is 1. The predicted molar refractivity (Wildman–Crippen MR) is 58.2 cm³/mol. The van der Waals surface area contributed by atoms with Crippen LogP contribution in [0.1, 0.15) is 34.6 Å². The van der Waals surface area contributed by atoms with Crippen molar-refractivity contribution in [2.75, 3.05) is 7.05 Å². The molecule has 1 nitrogen and oxygen atoms in total. The Kier molecular flexibility index (Phi) is 9.66. The Bertz CT molecular complexity index is 134. The second-order valence-electron chi connectivity index (χ2n) is 2.84. The molecule has 0 aliphatic carbocycles. The van der Waals surface area contributed by atoms with Gasteiger partial charge in [0.05, 0.1) is 0 Å². The van der Waals surface area contributed by atoms with Crippen LogP contribution in [0.4, 0.5) is 0 Å². The van der Waals surface area contributed by atoms with E-state index in [9.17, 15) is 0 Å². The van der Waals surface area contributed by atoms with E-state index in [0.717, 1.165) is 0 Å². The van der Waals surface area contributed by atoms with Crippen LogP contribution in [0.5, 0.6) is 0 Å². The minimum absolute atomic E-state index is 0.565. The molecule has 0 saturated carbocycles. The van der Waals surface area contributed by atoms with Gasteiger partial charge in [-0.25, -0.2) is 0 Å². The van der Waals surface area contributed by atoms with Gasteiger partial charge < -0.3 is 4.90 Å². The van der Waals surface area contributed by atoms with E-state index < -0.39 is 0 Å². The summed E-state index contributed by atoms with van der Waals surface area (Å²) < 4.78 is 0. The summed E-state index contributed by atoms with van der Waals surface area (Å²) >= 11 is 0. The molecule has 0 heterocycles. The lowest BCUT2D eigenvalue weighted by atomic mass is 10.3. The Morgan fingerprint density at radius 2 is 1.75 bits per heavy atom. The first kappa shape index (κ1) is 13.8. The van der Waals surface area contributed by atoms with E-state index in [-0.39, 0.29) is 0 Å². The third-order valence-corrected chi connectivity index (χ3v) is 1.54. The lowest BCUT2D eigenvalue weighted by Crippen LogP contribution is -2.20. The monoisotopic (exact) mass is 169 g/mol. The van der Waals surface area contributed by atoms with Crippen LogP contribution in [0.15, 0.2) is 24.4 Å². The number of hydrogen-bond donors (Lipinski definition) is 0. The summed E-state index contributed by atoms with van der Waals surface area (Å²) in [5.41, 5.74) is 1.20. The zero-order chi connectivity index (χ0) is 10.1. The fourth-order valence-corrected chi connectivity index (χ4v) is 0.523. The average molecular weight is 169 g/mol. The van der Waals surface area contributed by atoms with E-state index in [1.165, 1.54) is 5.57 Å². The van der Waals surface area contributed by atoms with Gasteiger partial charge in [-0.1, -0.05) is 26.5 Å². The molecular formula is C11H23N. The maximum atomic E-state index is 3.68. The highest BCUT2D eigenvalue weighted by molar-refractivity contribution is 5.11. The lowest BCUT2D eigenvalue weighted by molar-refractivity contribution is 0.374. The Morgan fingerprint density at radius 1 is 1.33 bits per heavy atom. The van der Waals surface area contributed by atoms with E-state index in [1.54, 1.807) is 0 Å². The first-order valence-electron chi connectivity index (χ1n) is 4.60. The van der Waals surface area contributed by atoms with Gasteiger partial charge >= 0.3 is 0 Å². The average Bonchev–Trinajstić information content (AvgIpc) is 2.07. The molecule has 12 heavy (non-hydrogen) atoms. The zero-order valence-corrected chi connectivity index (χ0v) is 9.39. The van der Waals surface area contributed by atoms with Gasteiger partial charge in [0.25, 0.3) is 0 Å². The maximum absolute atomic E-state index is 3.68. The van der Waals surface area contributed by atoms with E-state index in [1.807, 2.05) is 26.8 Å². The van der Waals surface area contributed by atoms with Crippen LogP contribution in [-0.4, -0.2) is 18.0 Å². The molecule has 0 rings (SSSR count). The van der Waals surface area contributed by atoms with Gasteiger partial charge in [-0.05, 0) is 26.3 Å². The van der Waals surface area contributed by atoms with Crippen molar-refractivity contribution >= 4 is 0 Å². The third-order valence-electron chi connectivity index (χ3n) is 1.54. The third kappa shape index (κ3) is 7.39. The van der Waals surface area contributed by atoms with Crippen LogP contribution < -0.4 is 0 Å². The Morgan fingerprint density at radius 3 is 2.00 bits per heavy atom. The summed E-state index contributed by atoms with van der Waals surface area (Å²) in [6, 6.07) is 0.565. The molecule has 0 N–H and O–H groups in total. The van der Waals surface area contributed by atoms with Crippen LogP contribution in [0.25, 0.3) is 0 Å². The van der Waals surface area contributed by atoms with Gasteiger partial charge in [-0.2, -0.15) is 0 Å². The van der Waals surface area contributed by atoms with Crippen molar-refractivity contribution in [3.8, 4) is 0 Å². The minimum atomic E-state index is 0.565. The molecule has 0 amide bonds. The fourth-order valence-electron chi connectivity index (χ4n) is 0.523. The van der Waals surface area contributed by atoms with Gasteiger partial charge in [0, 0.05) is 19.3 Å². The molecule has 0 aromatic heterocycles. The van der Waals surface area contributed by atoms with Crippen molar-refractivity contribution in [1.29, 1.82) is 0 Å². The number of nitrogens with zero attached hydrogens (tertiary/aromatic N) is 1. The smallest absolute Gasteiger partial charge is 0.0224 e. The maximum Gasteiger partial charge on any atom is 0.0224 e. The lowest BCUT2D eigenvalue weighted by Gasteiger charge is -2.19. The fraction of sp³-hybridized carbons (Fsp3) is 0.636. The molecule has 0 unspecified atom stereocenters. The molecule has 0 aliphatic rings. The van der Waals surface area contributed by atoms with Gasteiger partial charge in [0.15, 0.2) is 0 Å². The molecule has 72 valence electrons. The molecule has 0 bridgehead atoms. The molecule has 0 radical (unpaired) electrons. The number of rotatable bonds is 3. The molecule has 1 heteroatoms. The Labute approximate surface area is 77.8 Å². The van der Waals surface area contributed by atoms with Crippen molar-refractivity contribution in [3.63, 3.8) is 0 Å². The van der Waals surface area contributed by atoms with Crippen LogP contribution in [0.2, 0.25) is 0 Å². The standard InChI is InChI=1S/C9H17N.C2H6/c1-6-9(4)7-10(5)8(2)3;1-2/h6-8H,1H2,2-5H3;1-2H3/b9-7-;. The van der Waals surface area contributed by atoms with Crippen LogP contribution in [0.3, 0.4) is 0 Å². The molecule has 0 spiro atoms. The molecule has 0 fully saturated rings.